The lowest BCUT2D eigenvalue weighted by atomic mass is 10.2. The average molecular weight is 249 g/mol. The second-order valence-electron chi connectivity index (χ2n) is 3.68. The van der Waals surface area contributed by atoms with E-state index >= 15 is 0 Å². The highest BCUT2D eigenvalue weighted by Gasteiger charge is 2.16. The van der Waals surface area contributed by atoms with E-state index in [2.05, 4.69) is 10.1 Å². The van der Waals surface area contributed by atoms with Crippen molar-refractivity contribution < 1.29 is 14.4 Å². The van der Waals surface area contributed by atoms with Crippen LogP contribution in [0.2, 0.25) is 0 Å². The van der Waals surface area contributed by atoms with Gasteiger partial charge in [0.25, 0.3) is 5.89 Å². The Balaban J connectivity index is 2.33. The van der Waals surface area contributed by atoms with Crippen molar-refractivity contribution in [3.63, 3.8) is 0 Å². The minimum absolute atomic E-state index is 0.230. The first-order valence-corrected chi connectivity index (χ1v) is 5.68. The number of nitrogens with zero attached hydrogens (tertiary/aromatic N) is 2. The number of nitrogens with two attached hydrogens (primary N) is 1. The molecule has 0 aliphatic rings. The number of para-hydroxylation sites is 1. The fourth-order valence-electron chi connectivity index (χ4n) is 1.50. The molecule has 1 atom stereocenters. The van der Waals surface area contributed by atoms with Crippen molar-refractivity contribution >= 4 is 0 Å². The summed E-state index contributed by atoms with van der Waals surface area (Å²) in [5, 5.41) is 12.7. The Hall–Kier alpha value is -1.92. The van der Waals surface area contributed by atoms with Gasteiger partial charge in [0.2, 0.25) is 0 Å². The molecule has 6 nitrogen and oxygen atoms in total. The number of benzene rings is 1. The zero-order valence-corrected chi connectivity index (χ0v) is 10.0. The third kappa shape index (κ3) is 2.49. The average Bonchev–Trinajstić information content (AvgIpc) is 2.88. The Labute approximate surface area is 104 Å². The molecule has 2 rings (SSSR count). The molecule has 0 fully saturated rings. The molecule has 1 unspecified atom stereocenters. The molecule has 0 saturated carbocycles. The maximum absolute atomic E-state index is 8.94. The number of ether oxygens (including phenoxy) is 1. The van der Waals surface area contributed by atoms with E-state index in [0.29, 0.717) is 23.8 Å². The van der Waals surface area contributed by atoms with Crippen molar-refractivity contribution in [2.45, 2.75) is 13.0 Å². The Morgan fingerprint density at radius 1 is 1.44 bits per heavy atom. The van der Waals surface area contributed by atoms with E-state index in [1.807, 2.05) is 31.2 Å². The lowest BCUT2D eigenvalue weighted by Gasteiger charge is -2.05. The van der Waals surface area contributed by atoms with Crippen LogP contribution in [0.1, 0.15) is 18.8 Å². The SMILES string of the molecule is CCOc1ccccc1-c1nc(C(N)CO)no1. The molecule has 0 aliphatic heterocycles. The van der Waals surface area contributed by atoms with Crippen LogP contribution >= 0.6 is 0 Å². The molecule has 0 aliphatic carbocycles. The van der Waals surface area contributed by atoms with Crippen LogP contribution in [0, 0.1) is 0 Å². The summed E-state index contributed by atoms with van der Waals surface area (Å²) in [4.78, 5) is 4.15. The Morgan fingerprint density at radius 3 is 2.94 bits per heavy atom. The van der Waals surface area contributed by atoms with Crippen molar-refractivity contribution in [3.05, 3.63) is 30.1 Å². The molecule has 0 bridgehead atoms. The van der Waals surface area contributed by atoms with Crippen LogP contribution in [0.15, 0.2) is 28.8 Å². The summed E-state index contributed by atoms with van der Waals surface area (Å²) < 4.78 is 10.6. The molecule has 1 aromatic carbocycles. The summed E-state index contributed by atoms with van der Waals surface area (Å²) in [6.45, 7) is 2.22. The molecule has 1 aromatic heterocycles. The third-order valence-electron chi connectivity index (χ3n) is 2.39. The van der Waals surface area contributed by atoms with Crippen LogP contribution in [0.4, 0.5) is 0 Å². The van der Waals surface area contributed by atoms with Crippen LogP contribution < -0.4 is 10.5 Å². The number of hydrogen-bond acceptors (Lipinski definition) is 6. The minimum atomic E-state index is -0.637. The molecule has 1 heterocycles. The second kappa shape index (κ2) is 5.61. The lowest BCUT2D eigenvalue weighted by molar-refractivity contribution is 0.260. The van der Waals surface area contributed by atoms with E-state index < -0.39 is 6.04 Å². The summed E-state index contributed by atoms with van der Waals surface area (Å²) >= 11 is 0. The first-order valence-electron chi connectivity index (χ1n) is 5.68. The first kappa shape index (κ1) is 12.5. The van der Waals surface area contributed by atoms with Crippen LogP contribution in [-0.4, -0.2) is 28.5 Å². The number of aliphatic hydroxyl groups is 1. The first-order chi connectivity index (χ1) is 8.76. The highest BCUT2D eigenvalue weighted by molar-refractivity contribution is 5.62. The number of rotatable bonds is 5. The van der Waals surface area contributed by atoms with Crippen LogP contribution in [0.25, 0.3) is 11.5 Å². The van der Waals surface area contributed by atoms with Crippen molar-refractivity contribution in [1.82, 2.24) is 10.1 Å². The number of aromatic nitrogens is 2. The van der Waals surface area contributed by atoms with E-state index in [-0.39, 0.29) is 12.4 Å². The molecule has 2 aromatic rings. The van der Waals surface area contributed by atoms with Gasteiger partial charge < -0.3 is 20.1 Å². The summed E-state index contributed by atoms with van der Waals surface area (Å²) in [6, 6.07) is 6.74. The Morgan fingerprint density at radius 2 is 2.22 bits per heavy atom. The quantitative estimate of drug-likeness (QED) is 0.824. The van der Waals surface area contributed by atoms with E-state index in [4.69, 9.17) is 20.1 Å². The van der Waals surface area contributed by atoms with Gasteiger partial charge in [-0.15, -0.1) is 0 Å². The van der Waals surface area contributed by atoms with Gasteiger partial charge in [-0.3, -0.25) is 0 Å². The zero-order chi connectivity index (χ0) is 13.0. The summed E-state index contributed by atoms with van der Waals surface area (Å²) in [5.41, 5.74) is 6.33. The molecule has 6 heteroatoms. The molecule has 96 valence electrons. The minimum Gasteiger partial charge on any atom is -0.493 e. The fraction of sp³-hybridized carbons (Fsp3) is 0.333. The number of aliphatic hydroxyl groups excluding tert-OH is 1. The van der Waals surface area contributed by atoms with Gasteiger partial charge in [-0.2, -0.15) is 4.98 Å². The highest BCUT2D eigenvalue weighted by atomic mass is 16.5. The van der Waals surface area contributed by atoms with Gasteiger partial charge in [-0.25, -0.2) is 0 Å². The van der Waals surface area contributed by atoms with Crippen molar-refractivity contribution in [1.29, 1.82) is 0 Å². The molecular formula is C12H15N3O3. The predicted octanol–water partition coefficient (Wildman–Crippen LogP) is 1.13. The van der Waals surface area contributed by atoms with E-state index in [1.165, 1.54) is 0 Å². The zero-order valence-electron chi connectivity index (χ0n) is 10.0. The van der Waals surface area contributed by atoms with Gasteiger partial charge in [-0.1, -0.05) is 17.3 Å². The summed E-state index contributed by atoms with van der Waals surface area (Å²) in [5.74, 6) is 1.28. The third-order valence-corrected chi connectivity index (χ3v) is 2.39. The molecule has 0 amide bonds. The smallest absolute Gasteiger partial charge is 0.261 e. The van der Waals surface area contributed by atoms with Crippen LogP contribution in [0.3, 0.4) is 0 Å². The normalized spacial score (nSPS) is 12.4. The van der Waals surface area contributed by atoms with E-state index in [9.17, 15) is 0 Å². The van der Waals surface area contributed by atoms with Crippen LogP contribution in [-0.2, 0) is 0 Å². The van der Waals surface area contributed by atoms with Gasteiger partial charge in [0.05, 0.1) is 24.8 Å². The molecule has 0 saturated heterocycles. The molecular weight excluding hydrogens is 234 g/mol. The summed E-state index contributed by atoms with van der Waals surface area (Å²) in [6.07, 6.45) is 0. The summed E-state index contributed by atoms with van der Waals surface area (Å²) in [7, 11) is 0. The highest BCUT2D eigenvalue weighted by Crippen LogP contribution is 2.28. The monoisotopic (exact) mass is 249 g/mol. The second-order valence-corrected chi connectivity index (χ2v) is 3.68. The fourth-order valence-corrected chi connectivity index (χ4v) is 1.50. The van der Waals surface area contributed by atoms with Gasteiger partial charge in [0.1, 0.15) is 5.75 Å². The lowest BCUT2D eigenvalue weighted by Crippen LogP contribution is -2.15. The Bertz CT molecular complexity index is 513. The van der Waals surface area contributed by atoms with E-state index in [0.717, 1.165) is 0 Å². The maximum Gasteiger partial charge on any atom is 0.261 e. The van der Waals surface area contributed by atoms with Gasteiger partial charge in [0, 0.05) is 0 Å². The molecule has 18 heavy (non-hydrogen) atoms. The molecule has 0 spiro atoms. The van der Waals surface area contributed by atoms with Crippen molar-refractivity contribution in [3.8, 4) is 17.2 Å². The van der Waals surface area contributed by atoms with Crippen molar-refractivity contribution in [2.24, 2.45) is 5.73 Å². The maximum atomic E-state index is 8.94. The topological polar surface area (TPSA) is 94.4 Å². The predicted molar refractivity (Wildman–Crippen MR) is 64.9 cm³/mol. The standard InChI is InChI=1S/C12H15N3O3/c1-2-17-10-6-4-3-5-8(10)12-14-11(15-18-12)9(13)7-16/h3-6,9,16H,2,7,13H2,1H3. The molecule has 0 radical (unpaired) electrons. The largest absolute Gasteiger partial charge is 0.493 e. The van der Waals surface area contributed by atoms with Gasteiger partial charge in [0.15, 0.2) is 5.82 Å². The van der Waals surface area contributed by atoms with Gasteiger partial charge >= 0.3 is 0 Å². The van der Waals surface area contributed by atoms with E-state index in [1.54, 1.807) is 0 Å². The van der Waals surface area contributed by atoms with Gasteiger partial charge in [-0.05, 0) is 19.1 Å². The van der Waals surface area contributed by atoms with Crippen molar-refractivity contribution in [2.75, 3.05) is 13.2 Å². The van der Waals surface area contributed by atoms with Crippen LogP contribution in [0.5, 0.6) is 5.75 Å². The Kier molecular flexibility index (Phi) is 3.91. The molecule has 3 N–H and O–H groups in total. The number of hydrogen-bond donors (Lipinski definition) is 2.